The van der Waals surface area contributed by atoms with Crippen LogP contribution >= 0.6 is 0 Å². The lowest BCUT2D eigenvalue weighted by Crippen LogP contribution is -2.20. The Bertz CT molecular complexity index is 1160. The predicted molar refractivity (Wildman–Crippen MR) is 118 cm³/mol. The highest BCUT2D eigenvalue weighted by atomic mass is 19.4. The second kappa shape index (κ2) is 10.9. The number of hydrogen-bond donors (Lipinski definition) is 2. The summed E-state index contributed by atoms with van der Waals surface area (Å²) in [6, 6.07) is 6.75. The zero-order chi connectivity index (χ0) is 24.6. The molecule has 0 saturated carbocycles. The van der Waals surface area contributed by atoms with E-state index in [0.717, 1.165) is 19.2 Å². The number of nitrogen functional groups attached to an aromatic ring is 1. The summed E-state index contributed by atoms with van der Waals surface area (Å²) in [5.41, 5.74) is 12.8. The van der Waals surface area contributed by atoms with Crippen LogP contribution in [0.2, 0.25) is 0 Å². The number of rotatable bonds is 6. The maximum Gasteiger partial charge on any atom is 0.573 e. The number of ether oxygens (including phenoxy) is 2. The molecule has 7 nitrogen and oxygen atoms in total. The van der Waals surface area contributed by atoms with E-state index in [1.807, 2.05) is 0 Å². The SMILES string of the molecule is C=CN=C(/C(C#Cc1ccc(N)nc1)=C(\N)CC)c1ccc(C(=O)OC)c(OC(F)(F)F)c1. The van der Waals surface area contributed by atoms with Gasteiger partial charge in [0.05, 0.1) is 18.4 Å². The molecule has 0 aliphatic carbocycles. The number of halogens is 3. The van der Waals surface area contributed by atoms with Crippen LogP contribution in [0.4, 0.5) is 19.0 Å². The van der Waals surface area contributed by atoms with Crippen molar-refractivity contribution < 1.29 is 27.4 Å². The summed E-state index contributed by atoms with van der Waals surface area (Å²) in [7, 11) is 1.04. The van der Waals surface area contributed by atoms with E-state index in [-0.39, 0.29) is 16.8 Å². The number of aromatic nitrogens is 1. The monoisotopic (exact) mass is 458 g/mol. The van der Waals surface area contributed by atoms with Gasteiger partial charge in [0.2, 0.25) is 0 Å². The van der Waals surface area contributed by atoms with Gasteiger partial charge in [-0.3, -0.25) is 4.99 Å². The Morgan fingerprint density at radius 3 is 2.58 bits per heavy atom. The molecule has 172 valence electrons. The fourth-order valence-corrected chi connectivity index (χ4v) is 2.61. The number of pyridine rings is 1. The van der Waals surface area contributed by atoms with E-state index < -0.39 is 23.6 Å². The lowest BCUT2D eigenvalue weighted by atomic mass is 9.98. The molecule has 2 aromatic rings. The first-order valence-corrected chi connectivity index (χ1v) is 9.49. The van der Waals surface area contributed by atoms with Crippen molar-refractivity contribution in [2.24, 2.45) is 10.7 Å². The van der Waals surface area contributed by atoms with Crippen LogP contribution in [0, 0.1) is 11.8 Å². The summed E-state index contributed by atoms with van der Waals surface area (Å²) in [4.78, 5) is 20.0. The maximum atomic E-state index is 13.0. The molecule has 1 aromatic carbocycles. The van der Waals surface area contributed by atoms with Crippen molar-refractivity contribution in [3.8, 4) is 17.6 Å². The normalized spacial score (nSPS) is 12.2. The fourth-order valence-electron chi connectivity index (χ4n) is 2.61. The molecule has 1 aromatic heterocycles. The molecule has 2 rings (SSSR count). The van der Waals surface area contributed by atoms with Crippen molar-refractivity contribution in [2.45, 2.75) is 19.7 Å². The molecule has 0 aliphatic heterocycles. The van der Waals surface area contributed by atoms with E-state index in [9.17, 15) is 18.0 Å². The topological polar surface area (TPSA) is 113 Å². The summed E-state index contributed by atoms with van der Waals surface area (Å²) >= 11 is 0. The minimum absolute atomic E-state index is 0.142. The smallest absolute Gasteiger partial charge is 0.465 e. The molecule has 0 unspecified atom stereocenters. The number of hydrogen-bond acceptors (Lipinski definition) is 7. The van der Waals surface area contributed by atoms with Gasteiger partial charge >= 0.3 is 12.3 Å². The van der Waals surface area contributed by atoms with Gasteiger partial charge in [0.1, 0.15) is 17.1 Å². The summed E-state index contributed by atoms with van der Waals surface area (Å²) in [6.45, 7) is 5.34. The number of allylic oxidation sites excluding steroid dienone is 2. The number of methoxy groups -OCH3 is 1. The minimum atomic E-state index is -5.04. The first-order chi connectivity index (χ1) is 15.6. The number of carbonyl (C=O) groups is 1. The van der Waals surface area contributed by atoms with Crippen molar-refractivity contribution in [2.75, 3.05) is 12.8 Å². The molecule has 1 heterocycles. The van der Waals surface area contributed by atoms with E-state index in [1.54, 1.807) is 19.1 Å². The van der Waals surface area contributed by atoms with Gasteiger partial charge in [-0.25, -0.2) is 9.78 Å². The molecule has 10 heteroatoms. The third-order valence-corrected chi connectivity index (χ3v) is 4.16. The number of alkyl halides is 3. The van der Waals surface area contributed by atoms with Crippen LogP contribution < -0.4 is 16.2 Å². The molecule has 0 fully saturated rings. The number of nitrogens with two attached hydrogens (primary N) is 2. The van der Waals surface area contributed by atoms with Crippen molar-refractivity contribution >= 4 is 17.5 Å². The Morgan fingerprint density at radius 2 is 2.03 bits per heavy atom. The average molecular weight is 458 g/mol. The molecular weight excluding hydrogens is 437 g/mol. The Morgan fingerprint density at radius 1 is 1.30 bits per heavy atom. The average Bonchev–Trinajstić information content (AvgIpc) is 2.77. The van der Waals surface area contributed by atoms with E-state index >= 15 is 0 Å². The molecule has 0 radical (unpaired) electrons. The van der Waals surface area contributed by atoms with Gasteiger partial charge in [-0.2, -0.15) is 0 Å². The zero-order valence-corrected chi connectivity index (χ0v) is 17.9. The van der Waals surface area contributed by atoms with E-state index in [1.165, 1.54) is 18.5 Å². The largest absolute Gasteiger partial charge is 0.573 e. The molecule has 0 saturated heterocycles. The third kappa shape index (κ3) is 6.87. The van der Waals surface area contributed by atoms with Crippen LogP contribution in [0.1, 0.15) is 34.8 Å². The molecular formula is C23H21F3N4O3. The predicted octanol–water partition coefficient (Wildman–Crippen LogP) is 3.96. The van der Waals surface area contributed by atoms with Gasteiger partial charge in [0.25, 0.3) is 0 Å². The standard InChI is InChI=1S/C23H21F3N4O3/c1-4-18(27)16(9-6-14-7-11-20(28)30-13-14)21(29-5-2)15-8-10-17(22(31)32-3)19(12-15)33-23(24,25)26/h5,7-8,10-13H,2,4,27H2,1,3H3,(H2,28,30)/b18-16-,29-21?. The molecule has 0 spiro atoms. The first kappa shape index (κ1) is 25.0. The highest BCUT2D eigenvalue weighted by Gasteiger charge is 2.33. The van der Waals surface area contributed by atoms with Crippen LogP contribution in [0.15, 0.2) is 65.6 Å². The molecule has 33 heavy (non-hydrogen) atoms. The van der Waals surface area contributed by atoms with Gasteiger partial charge in [-0.05, 0) is 30.7 Å². The number of esters is 1. The zero-order valence-electron chi connectivity index (χ0n) is 17.9. The highest BCUT2D eigenvalue weighted by molar-refractivity contribution is 6.16. The second-order valence-electron chi connectivity index (χ2n) is 6.39. The first-order valence-electron chi connectivity index (χ1n) is 9.49. The summed E-state index contributed by atoms with van der Waals surface area (Å²) in [6.07, 6.45) is -2.00. The molecule has 0 aliphatic rings. The minimum Gasteiger partial charge on any atom is -0.465 e. The Hall–Kier alpha value is -4.26. The van der Waals surface area contributed by atoms with Gasteiger partial charge < -0.3 is 20.9 Å². The highest BCUT2D eigenvalue weighted by Crippen LogP contribution is 2.29. The van der Waals surface area contributed by atoms with E-state index in [2.05, 4.69) is 37.9 Å². The molecule has 0 atom stereocenters. The van der Waals surface area contributed by atoms with Crippen LogP contribution in [0.3, 0.4) is 0 Å². The van der Waals surface area contributed by atoms with Crippen LogP contribution in [0.5, 0.6) is 5.75 Å². The van der Waals surface area contributed by atoms with Gasteiger partial charge in [-0.1, -0.05) is 31.4 Å². The lowest BCUT2D eigenvalue weighted by molar-refractivity contribution is -0.274. The van der Waals surface area contributed by atoms with Crippen molar-refractivity contribution in [1.29, 1.82) is 0 Å². The lowest BCUT2D eigenvalue weighted by Gasteiger charge is -2.15. The van der Waals surface area contributed by atoms with Gasteiger partial charge in [-0.15, -0.1) is 13.2 Å². The molecule has 0 bridgehead atoms. The van der Waals surface area contributed by atoms with E-state index in [0.29, 0.717) is 23.5 Å². The van der Waals surface area contributed by atoms with Crippen LogP contribution in [-0.2, 0) is 4.74 Å². The Labute approximate surface area is 188 Å². The number of carbonyl (C=O) groups excluding carboxylic acids is 1. The van der Waals surface area contributed by atoms with Crippen LogP contribution in [-0.4, -0.2) is 30.1 Å². The summed E-state index contributed by atoms with van der Waals surface area (Å²) in [5.74, 6) is 4.34. The van der Waals surface area contributed by atoms with Crippen molar-refractivity contribution in [3.63, 3.8) is 0 Å². The van der Waals surface area contributed by atoms with Crippen molar-refractivity contribution in [1.82, 2.24) is 4.98 Å². The number of nitrogens with zero attached hydrogens (tertiary/aromatic N) is 2. The number of benzene rings is 1. The van der Waals surface area contributed by atoms with E-state index in [4.69, 9.17) is 11.5 Å². The molecule has 0 amide bonds. The summed E-state index contributed by atoms with van der Waals surface area (Å²) < 4.78 is 47.5. The van der Waals surface area contributed by atoms with Gasteiger partial charge in [0.15, 0.2) is 0 Å². The molecule has 4 N–H and O–H groups in total. The maximum absolute atomic E-state index is 13.0. The van der Waals surface area contributed by atoms with Crippen molar-refractivity contribution in [3.05, 3.63) is 77.3 Å². The Balaban J connectivity index is 2.66. The summed E-state index contributed by atoms with van der Waals surface area (Å²) in [5, 5.41) is 0. The Kier molecular flexibility index (Phi) is 8.23. The fraction of sp³-hybridized carbons (Fsp3) is 0.174. The number of aliphatic imine (C=N–C) groups is 1. The quantitative estimate of drug-likeness (QED) is 0.385. The van der Waals surface area contributed by atoms with Gasteiger partial charge in [0, 0.05) is 29.2 Å². The van der Waals surface area contributed by atoms with Crippen LogP contribution in [0.25, 0.3) is 0 Å². The second-order valence-corrected chi connectivity index (χ2v) is 6.39. The third-order valence-electron chi connectivity index (χ3n) is 4.16. The number of anilines is 1.